The summed E-state index contributed by atoms with van der Waals surface area (Å²) in [4.78, 5) is 2.72. The van der Waals surface area contributed by atoms with Crippen molar-refractivity contribution >= 4 is 0 Å². The number of hydrogen-bond acceptors (Lipinski definition) is 1. The minimum atomic E-state index is 1.22. The van der Waals surface area contributed by atoms with Crippen LogP contribution in [0.4, 0.5) is 0 Å². The molecular formula is C21H37N. The van der Waals surface area contributed by atoms with Crippen LogP contribution >= 0.6 is 0 Å². The van der Waals surface area contributed by atoms with E-state index in [1.54, 1.807) is 0 Å². The van der Waals surface area contributed by atoms with Gasteiger partial charge in [0.15, 0.2) is 0 Å². The highest BCUT2D eigenvalue weighted by molar-refractivity contribution is 5.14. The van der Waals surface area contributed by atoms with Gasteiger partial charge in [0, 0.05) is 0 Å². The van der Waals surface area contributed by atoms with Crippen molar-refractivity contribution in [3.05, 3.63) is 35.9 Å². The third-order valence-electron chi connectivity index (χ3n) is 4.44. The van der Waals surface area contributed by atoms with Gasteiger partial charge in [-0.05, 0) is 50.9 Å². The molecule has 0 aromatic heterocycles. The highest BCUT2D eigenvalue weighted by atomic mass is 15.1. The summed E-state index contributed by atoms with van der Waals surface area (Å²) in [5.74, 6) is 0. The Balaban J connectivity index is 2.23. The molecule has 0 heterocycles. The van der Waals surface area contributed by atoms with Crippen LogP contribution in [0.1, 0.15) is 77.2 Å². The van der Waals surface area contributed by atoms with Crippen LogP contribution in [-0.4, -0.2) is 24.5 Å². The van der Waals surface area contributed by atoms with E-state index in [2.05, 4.69) is 49.1 Å². The van der Waals surface area contributed by atoms with Gasteiger partial charge in [-0.1, -0.05) is 82.7 Å². The van der Waals surface area contributed by atoms with Gasteiger partial charge in [0.05, 0.1) is 0 Å². The summed E-state index contributed by atoms with van der Waals surface area (Å²) in [7, 11) is 0. The van der Waals surface area contributed by atoms with E-state index in [1.807, 2.05) is 0 Å². The number of hydrogen-bond donors (Lipinski definition) is 0. The molecule has 0 radical (unpaired) electrons. The molecule has 0 aliphatic heterocycles. The average Bonchev–Trinajstić information content (AvgIpc) is 2.56. The van der Waals surface area contributed by atoms with Gasteiger partial charge in [-0.25, -0.2) is 0 Å². The van der Waals surface area contributed by atoms with Crippen LogP contribution in [0.3, 0.4) is 0 Å². The van der Waals surface area contributed by atoms with Crippen molar-refractivity contribution in [1.82, 2.24) is 4.90 Å². The number of benzene rings is 1. The quantitative estimate of drug-likeness (QED) is 0.376. The summed E-state index contributed by atoms with van der Waals surface area (Å²) >= 11 is 0. The van der Waals surface area contributed by atoms with Crippen molar-refractivity contribution < 1.29 is 0 Å². The average molecular weight is 304 g/mol. The first-order valence-electron chi connectivity index (χ1n) is 9.63. The Kier molecular flexibility index (Phi) is 12.1. The second-order valence-corrected chi connectivity index (χ2v) is 6.55. The Hall–Kier alpha value is -0.820. The van der Waals surface area contributed by atoms with E-state index in [0.717, 1.165) is 0 Å². The number of unbranched alkanes of at least 4 members (excludes halogenated alkanes) is 6. The van der Waals surface area contributed by atoms with Gasteiger partial charge < -0.3 is 4.90 Å². The van der Waals surface area contributed by atoms with Crippen LogP contribution in [0.25, 0.3) is 0 Å². The van der Waals surface area contributed by atoms with Gasteiger partial charge in [0.25, 0.3) is 0 Å². The molecule has 1 aromatic rings. The lowest BCUT2D eigenvalue weighted by Gasteiger charge is -2.22. The summed E-state index contributed by atoms with van der Waals surface area (Å²) in [6, 6.07) is 10.9. The summed E-state index contributed by atoms with van der Waals surface area (Å²) in [5.41, 5.74) is 1.49. The van der Waals surface area contributed by atoms with E-state index < -0.39 is 0 Å². The SMILES string of the molecule is CCCCCCN(CCCCCC)CCCc1ccccc1. The molecule has 22 heavy (non-hydrogen) atoms. The van der Waals surface area contributed by atoms with Crippen LogP contribution < -0.4 is 0 Å². The van der Waals surface area contributed by atoms with Crippen molar-refractivity contribution in [3.8, 4) is 0 Å². The Bertz CT molecular complexity index is 321. The third-order valence-corrected chi connectivity index (χ3v) is 4.44. The molecule has 126 valence electrons. The Labute approximate surface area is 139 Å². The molecule has 1 nitrogen and oxygen atoms in total. The van der Waals surface area contributed by atoms with E-state index in [0.29, 0.717) is 0 Å². The predicted octanol–water partition coefficient (Wildman–Crippen LogP) is 6.08. The van der Waals surface area contributed by atoms with Crippen molar-refractivity contribution in [2.75, 3.05) is 19.6 Å². The minimum Gasteiger partial charge on any atom is -0.303 e. The van der Waals surface area contributed by atoms with Crippen LogP contribution in [0.15, 0.2) is 30.3 Å². The normalized spacial score (nSPS) is 11.2. The zero-order valence-electron chi connectivity index (χ0n) is 15.0. The largest absolute Gasteiger partial charge is 0.303 e. The fraction of sp³-hybridized carbons (Fsp3) is 0.714. The van der Waals surface area contributed by atoms with Crippen LogP contribution in [-0.2, 0) is 6.42 Å². The molecule has 0 aliphatic rings. The van der Waals surface area contributed by atoms with E-state index >= 15 is 0 Å². The molecule has 0 N–H and O–H groups in total. The molecule has 0 fully saturated rings. The van der Waals surface area contributed by atoms with Crippen LogP contribution in [0, 0.1) is 0 Å². The van der Waals surface area contributed by atoms with Gasteiger partial charge in [-0.3, -0.25) is 0 Å². The molecule has 0 saturated carbocycles. The van der Waals surface area contributed by atoms with Crippen LogP contribution in [0.2, 0.25) is 0 Å². The van der Waals surface area contributed by atoms with Crippen molar-refractivity contribution in [2.24, 2.45) is 0 Å². The highest BCUT2D eigenvalue weighted by Gasteiger charge is 2.04. The number of aryl methyl sites for hydroxylation is 1. The van der Waals surface area contributed by atoms with Crippen molar-refractivity contribution in [3.63, 3.8) is 0 Å². The zero-order valence-corrected chi connectivity index (χ0v) is 15.0. The second kappa shape index (κ2) is 13.8. The lowest BCUT2D eigenvalue weighted by atomic mass is 10.1. The smallest absolute Gasteiger partial charge is 0.00156 e. The maximum atomic E-state index is 2.72. The summed E-state index contributed by atoms with van der Waals surface area (Å²) < 4.78 is 0. The first kappa shape index (κ1) is 19.2. The molecule has 0 aliphatic carbocycles. The Morgan fingerprint density at radius 1 is 0.636 bits per heavy atom. The monoisotopic (exact) mass is 303 g/mol. The molecule has 0 saturated heterocycles. The summed E-state index contributed by atoms with van der Waals surface area (Å²) in [5, 5.41) is 0. The second-order valence-electron chi connectivity index (χ2n) is 6.55. The topological polar surface area (TPSA) is 3.24 Å². The molecule has 1 heteroatoms. The maximum Gasteiger partial charge on any atom is -0.00156 e. The number of rotatable bonds is 14. The molecule has 0 unspecified atom stereocenters. The van der Waals surface area contributed by atoms with Crippen molar-refractivity contribution in [1.29, 1.82) is 0 Å². The lowest BCUT2D eigenvalue weighted by molar-refractivity contribution is 0.258. The summed E-state index contributed by atoms with van der Waals surface area (Å²) in [6.45, 7) is 8.47. The molecule has 0 amide bonds. The lowest BCUT2D eigenvalue weighted by Crippen LogP contribution is -2.27. The molecule has 1 rings (SSSR count). The Morgan fingerprint density at radius 2 is 1.18 bits per heavy atom. The van der Waals surface area contributed by atoms with Gasteiger partial charge in [-0.15, -0.1) is 0 Å². The molecule has 0 atom stereocenters. The molecule has 1 aromatic carbocycles. The maximum absolute atomic E-state index is 2.72. The van der Waals surface area contributed by atoms with E-state index in [1.165, 1.54) is 89.4 Å². The van der Waals surface area contributed by atoms with Crippen LogP contribution in [0.5, 0.6) is 0 Å². The molecule has 0 spiro atoms. The first-order chi connectivity index (χ1) is 10.9. The fourth-order valence-corrected chi connectivity index (χ4v) is 3.01. The van der Waals surface area contributed by atoms with Crippen molar-refractivity contribution in [2.45, 2.75) is 78.1 Å². The zero-order chi connectivity index (χ0) is 15.9. The summed E-state index contributed by atoms with van der Waals surface area (Å²) in [6.07, 6.45) is 13.6. The van der Waals surface area contributed by atoms with E-state index in [9.17, 15) is 0 Å². The first-order valence-corrected chi connectivity index (χ1v) is 9.63. The molecular weight excluding hydrogens is 266 g/mol. The standard InChI is InChI=1S/C21H37N/c1-3-5-7-12-18-22(19-13-8-6-4-2)20-14-17-21-15-10-9-11-16-21/h9-11,15-16H,3-8,12-14,17-20H2,1-2H3. The number of nitrogens with zero attached hydrogens (tertiary/aromatic N) is 1. The van der Waals surface area contributed by atoms with E-state index in [4.69, 9.17) is 0 Å². The van der Waals surface area contributed by atoms with Gasteiger partial charge in [-0.2, -0.15) is 0 Å². The Morgan fingerprint density at radius 3 is 1.73 bits per heavy atom. The minimum absolute atomic E-state index is 1.22. The third kappa shape index (κ3) is 10.00. The fourth-order valence-electron chi connectivity index (χ4n) is 3.01. The van der Waals surface area contributed by atoms with E-state index in [-0.39, 0.29) is 0 Å². The predicted molar refractivity (Wildman–Crippen MR) is 99.5 cm³/mol. The van der Waals surface area contributed by atoms with Gasteiger partial charge >= 0.3 is 0 Å². The molecule has 0 bridgehead atoms. The van der Waals surface area contributed by atoms with Gasteiger partial charge in [0.2, 0.25) is 0 Å². The van der Waals surface area contributed by atoms with Gasteiger partial charge in [0.1, 0.15) is 0 Å². The highest BCUT2D eigenvalue weighted by Crippen LogP contribution is 2.08.